The number of rotatable bonds is 4. The standard InChI is InChI=1S/C15H15Cl2N3O/c1-2-4-10-7-9(8-13(18)19-10)15(21)20-12-6-3-5-11(16)14(12)17/h3,5-8H,2,4H2,1H3,(H2,18,19)(H,20,21). The van der Waals surface area contributed by atoms with Crippen molar-refractivity contribution in [3.05, 3.63) is 51.6 Å². The van der Waals surface area contributed by atoms with E-state index < -0.39 is 0 Å². The topological polar surface area (TPSA) is 68.0 Å². The van der Waals surface area contributed by atoms with Gasteiger partial charge in [-0.1, -0.05) is 42.6 Å². The van der Waals surface area contributed by atoms with E-state index >= 15 is 0 Å². The van der Waals surface area contributed by atoms with E-state index in [0.717, 1.165) is 18.5 Å². The number of nitrogens with zero attached hydrogens (tertiary/aromatic N) is 1. The number of carbonyl (C=O) groups excluding carboxylic acids is 1. The van der Waals surface area contributed by atoms with Gasteiger partial charge in [-0.05, 0) is 30.7 Å². The van der Waals surface area contributed by atoms with E-state index in [-0.39, 0.29) is 5.91 Å². The molecule has 1 aromatic carbocycles. The van der Waals surface area contributed by atoms with Gasteiger partial charge >= 0.3 is 0 Å². The number of aryl methyl sites for hydroxylation is 1. The average Bonchev–Trinajstić information content (AvgIpc) is 2.43. The van der Waals surface area contributed by atoms with Crippen LogP contribution in [0, 0.1) is 0 Å². The Balaban J connectivity index is 2.26. The number of pyridine rings is 1. The van der Waals surface area contributed by atoms with E-state index in [2.05, 4.69) is 10.3 Å². The molecule has 0 atom stereocenters. The van der Waals surface area contributed by atoms with Crippen LogP contribution in [0.25, 0.3) is 0 Å². The quantitative estimate of drug-likeness (QED) is 0.887. The van der Waals surface area contributed by atoms with E-state index in [1.807, 2.05) is 6.92 Å². The van der Waals surface area contributed by atoms with Crippen molar-refractivity contribution in [2.45, 2.75) is 19.8 Å². The molecule has 0 fully saturated rings. The maximum atomic E-state index is 12.3. The van der Waals surface area contributed by atoms with Crippen molar-refractivity contribution in [2.24, 2.45) is 0 Å². The molecular formula is C15H15Cl2N3O. The molecule has 1 aromatic heterocycles. The van der Waals surface area contributed by atoms with E-state index in [1.54, 1.807) is 24.3 Å². The van der Waals surface area contributed by atoms with Crippen LogP contribution in [0.1, 0.15) is 29.4 Å². The number of anilines is 2. The maximum absolute atomic E-state index is 12.3. The number of aromatic nitrogens is 1. The van der Waals surface area contributed by atoms with Gasteiger partial charge in [0, 0.05) is 11.3 Å². The lowest BCUT2D eigenvalue weighted by Gasteiger charge is -2.09. The van der Waals surface area contributed by atoms with Crippen LogP contribution < -0.4 is 11.1 Å². The Hall–Kier alpha value is -1.78. The first-order chi connectivity index (χ1) is 10.0. The molecular weight excluding hydrogens is 309 g/mol. The molecule has 2 aromatic rings. The zero-order valence-corrected chi connectivity index (χ0v) is 13.0. The first kappa shape index (κ1) is 15.6. The van der Waals surface area contributed by atoms with Crippen LogP contribution in [0.3, 0.4) is 0 Å². The number of hydrogen-bond acceptors (Lipinski definition) is 3. The fourth-order valence-corrected chi connectivity index (χ4v) is 2.27. The van der Waals surface area contributed by atoms with Crippen molar-refractivity contribution in [3.63, 3.8) is 0 Å². The van der Waals surface area contributed by atoms with Crippen LogP contribution in [0.4, 0.5) is 11.5 Å². The summed E-state index contributed by atoms with van der Waals surface area (Å²) in [6.45, 7) is 2.04. The van der Waals surface area contributed by atoms with Gasteiger partial charge in [-0.25, -0.2) is 4.98 Å². The van der Waals surface area contributed by atoms with Crippen molar-refractivity contribution < 1.29 is 4.79 Å². The summed E-state index contributed by atoms with van der Waals surface area (Å²) in [5.41, 5.74) is 7.43. The molecule has 21 heavy (non-hydrogen) atoms. The Labute approximate surface area is 133 Å². The predicted molar refractivity (Wildman–Crippen MR) is 87.1 cm³/mol. The molecule has 0 radical (unpaired) electrons. The number of hydrogen-bond donors (Lipinski definition) is 2. The molecule has 2 rings (SSSR count). The van der Waals surface area contributed by atoms with Gasteiger partial charge in [0.05, 0.1) is 15.7 Å². The smallest absolute Gasteiger partial charge is 0.255 e. The summed E-state index contributed by atoms with van der Waals surface area (Å²) in [4.78, 5) is 16.5. The van der Waals surface area contributed by atoms with E-state index in [9.17, 15) is 4.79 Å². The first-order valence-corrected chi connectivity index (χ1v) is 7.28. The largest absolute Gasteiger partial charge is 0.384 e. The summed E-state index contributed by atoms with van der Waals surface area (Å²) < 4.78 is 0. The van der Waals surface area contributed by atoms with Gasteiger partial charge in [0.2, 0.25) is 0 Å². The van der Waals surface area contributed by atoms with Gasteiger partial charge in [0.15, 0.2) is 0 Å². The number of benzene rings is 1. The molecule has 4 nitrogen and oxygen atoms in total. The second-order valence-corrected chi connectivity index (χ2v) is 5.36. The highest BCUT2D eigenvalue weighted by Gasteiger charge is 2.12. The normalized spacial score (nSPS) is 10.4. The summed E-state index contributed by atoms with van der Waals surface area (Å²) in [5, 5.41) is 3.42. The van der Waals surface area contributed by atoms with Crippen LogP contribution in [0.15, 0.2) is 30.3 Å². The molecule has 110 valence electrons. The van der Waals surface area contributed by atoms with Crippen LogP contribution in [0.5, 0.6) is 0 Å². The minimum Gasteiger partial charge on any atom is -0.384 e. The Morgan fingerprint density at radius 2 is 2.10 bits per heavy atom. The summed E-state index contributed by atoms with van der Waals surface area (Å²) >= 11 is 12.0. The molecule has 0 aliphatic carbocycles. The maximum Gasteiger partial charge on any atom is 0.255 e. The molecule has 3 N–H and O–H groups in total. The third-order valence-corrected chi connectivity index (χ3v) is 3.69. The Bertz CT molecular complexity index is 674. The van der Waals surface area contributed by atoms with Crippen LogP contribution >= 0.6 is 23.2 Å². The molecule has 0 saturated heterocycles. The summed E-state index contributed by atoms with van der Waals surface area (Å²) in [6.07, 6.45) is 1.70. The van der Waals surface area contributed by atoms with Crippen LogP contribution in [0.2, 0.25) is 10.0 Å². The van der Waals surface area contributed by atoms with Crippen molar-refractivity contribution in [1.82, 2.24) is 4.98 Å². The number of nitrogen functional groups attached to an aromatic ring is 1. The highest BCUT2D eigenvalue weighted by Crippen LogP contribution is 2.29. The number of amides is 1. The summed E-state index contributed by atoms with van der Waals surface area (Å²) in [5.74, 6) is 0.0221. The molecule has 0 aliphatic rings. The summed E-state index contributed by atoms with van der Waals surface area (Å²) in [7, 11) is 0. The van der Waals surface area contributed by atoms with E-state index in [1.165, 1.54) is 6.07 Å². The lowest BCUT2D eigenvalue weighted by molar-refractivity contribution is 0.102. The zero-order chi connectivity index (χ0) is 15.4. The molecule has 0 saturated carbocycles. The molecule has 0 aliphatic heterocycles. The second-order valence-electron chi connectivity index (χ2n) is 4.58. The minimum absolute atomic E-state index is 0.300. The number of nitrogens with two attached hydrogens (primary N) is 1. The first-order valence-electron chi connectivity index (χ1n) is 6.53. The molecule has 1 heterocycles. The highest BCUT2D eigenvalue weighted by atomic mass is 35.5. The molecule has 0 unspecified atom stereocenters. The number of nitrogens with one attached hydrogen (secondary N) is 1. The van der Waals surface area contributed by atoms with Gasteiger partial charge in [-0.15, -0.1) is 0 Å². The van der Waals surface area contributed by atoms with Crippen molar-refractivity contribution in [2.75, 3.05) is 11.1 Å². The molecule has 6 heteroatoms. The Kier molecular flexibility index (Phi) is 5.04. The fourth-order valence-electron chi connectivity index (χ4n) is 1.92. The van der Waals surface area contributed by atoms with Crippen molar-refractivity contribution in [1.29, 1.82) is 0 Å². The molecule has 0 bridgehead atoms. The molecule has 0 spiro atoms. The van der Waals surface area contributed by atoms with Gasteiger partial charge in [0.25, 0.3) is 5.91 Å². The number of carbonyl (C=O) groups is 1. The van der Waals surface area contributed by atoms with Crippen molar-refractivity contribution in [3.8, 4) is 0 Å². The fraction of sp³-hybridized carbons (Fsp3) is 0.200. The predicted octanol–water partition coefficient (Wildman–Crippen LogP) is 4.18. The summed E-state index contributed by atoms with van der Waals surface area (Å²) in [6, 6.07) is 8.32. The third-order valence-electron chi connectivity index (χ3n) is 2.87. The second kappa shape index (κ2) is 6.78. The lowest BCUT2D eigenvalue weighted by atomic mass is 10.1. The Morgan fingerprint density at radius 1 is 1.33 bits per heavy atom. The lowest BCUT2D eigenvalue weighted by Crippen LogP contribution is -2.14. The SMILES string of the molecule is CCCc1cc(C(=O)Nc2cccc(Cl)c2Cl)cc(N)n1. The van der Waals surface area contributed by atoms with Crippen LogP contribution in [-0.2, 0) is 6.42 Å². The zero-order valence-electron chi connectivity index (χ0n) is 11.5. The third kappa shape index (κ3) is 3.86. The van der Waals surface area contributed by atoms with Crippen molar-refractivity contribution >= 4 is 40.6 Å². The average molecular weight is 324 g/mol. The van der Waals surface area contributed by atoms with Crippen LogP contribution in [-0.4, -0.2) is 10.9 Å². The Morgan fingerprint density at radius 3 is 2.81 bits per heavy atom. The number of halogens is 2. The monoisotopic (exact) mass is 323 g/mol. The van der Waals surface area contributed by atoms with Gasteiger partial charge in [-0.2, -0.15) is 0 Å². The van der Waals surface area contributed by atoms with E-state index in [4.69, 9.17) is 28.9 Å². The highest BCUT2D eigenvalue weighted by molar-refractivity contribution is 6.44. The van der Waals surface area contributed by atoms with Gasteiger partial charge in [0.1, 0.15) is 5.82 Å². The van der Waals surface area contributed by atoms with Gasteiger partial charge in [-0.3, -0.25) is 4.79 Å². The molecule has 1 amide bonds. The van der Waals surface area contributed by atoms with Gasteiger partial charge < -0.3 is 11.1 Å². The minimum atomic E-state index is -0.300. The van der Waals surface area contributed by atoms with E-state index in [0.29, 0.717) is 27.1 Å².